The van der Waals surface area contributed by atoms with Crippen LogP contribution >= 0.6 is 0 Å². The first kappa shape index (κ1) is 13.5. The quantitative estimate of drug-likeness (QED) is 0.797. The van der Waals surface area contributed by atoms with Gasteiger partial charge in [-0.2, -0.15) is 0 Å². The lowest BCUT2D eigenvalue weighted by Crippen LogP contribution is -2.00. The van der Waals surface area contributed by atoms with Gasteiger partial charge in [-0.25, -0.2) is 4.39 Å². The minimum absolute atomic E-state index is 0.263. The number of ether oxygens (including phenoxy) is 1. The standard InChI is InChI=1S/C17H15FN2O/c18-15-8-13-4-2-6-20-17(13)14(9-15)11-21-16-5-1-3-12(7-16)10-19/h1-9H,10-11,19H2. The van der Waals surface area contributed by atoms with Crippen LogP contribution in [0.15, 0.2) is 54.7 Å². The molecule has 0 radical (unpaired) electrons. The van der Waals surface area contributed by atoms with Gasteiger partial charge >= 0.3 is 0 Å². The van der Waals surface area contributed by atoms with Gasteiger partial charge in [0.25, 0.3) is 0 Å². The Labute approximate surface area is 122 Å². The average Bonchev–Trinajstić information content (AvgIpc) is 2.52. The largest absolute Gasteiger partial charge is 0.489 e. The summed E-state index contributed by atoms with van der Waals surface area (Å²) in [4.78, 5) is 4.30. The van der Waals surface area contributed by atoms with Crippen molar-refractivity contribution in [3.05, 3.63) is 71.7 Å². The van der Waals surface area contributed by atoms with Gasteiger partial charge in [-0.3, -0.25) is 4.98 Å². The number of benzene rings is 2. The molecule has 21 heavy (non-hydrogen) atoms. The van der Waals surface area contributed by atoms with Gasteiger partial charge in [-0.1, -0.05) is 18.2 Å². The van der Waals surface area contributed by atoms with Crippen LogP contribution in [-0.4, -0.2) is 4.98 Å². The number of rotatable bonds is 4. The summed E-state index contributed by atoms with van der Waals surface area (Å²) in [6.45, 7) is 0.723. The van der Waals surface area contributed by atoms with Crippen molar-refractivity contribution in [2.75, 3.05) is 0 Å². The van der Waals surface area contributed by atoms with E-state index in [1.54, 1.807) is 12.3 Å². The number of nitrogens with zero attached hydrogens (tertiary/aromatic N) is 1. The van der Waals surface area contributed by atoms with Gasteiger partial charge in [0.1, 0.15) is 18.2 Å². The van der Waals surface area contributed by atoms with E-state index in [0.717, 1.165) is 22.0 Å². The molecule has 0 aliphatic rings. The molecule has 2 aromatic carbocycles. The summed E-state index contributed by atoms with van der Waals surface area (Å²) in [7, 11) is 0. The van der Waals surface area contributed by atoms with E-state index in [1.165, 1.54) is 12.1 Å². The average molecular weight is 282 g/mol. The lowest BCUT2D eigenvalue weighted by Gasteiger charge is -2.09. The second-order valence-electron chi connectivity index (χ2n) is 4.78. The number of pyridine rings is 1. The molecule has 0 atom stereocenters. The normalized spacial score (nSPS) is 10.8. The van der Waals surface area contributed by atoms with Crippen LogP contribution in [0.4, 0.5) is 4.39 Å². The number of aromatic nitrogens is 1. The topological polar surface area (TPSA) is 48.1 Å². The molecule has 3 aromatic rings. The summed E-state index contributed by atoms with van der Waals surface area (Å²) < 4.78 is 19.4. The first-order valence-corrected chi connectivity index (χ1v) is 6.71. The molecule has 0 saturated carbocycles. The Bertz CT molecular complexity index is 774. The molecule has 0 saturated heterocycles. The second kappa shape index (κ2) is 5.89. The molecule has 4 heteroatoms. The van der Waals surface area contributed by atoms with Crippen LogP contribution in [0.3, 0.4) is 0 Å². The predicted octanol–water partition coefficient (Wildman–Crippen LogP) is 3.41. The Morgan fingerprint density at radius 3 is 2.86 bits per heavy atom. The summed E-state index contributed by atoms with van der Waals surface area (Å²) in [5.41, 5.74) is 8.08. The van der Waals surface area contributed by atoms with Crippen LogP contribution in [0.5, 0.6) is 5.75 Å². The van der Waals surface area contributed by atoms with Crippen LogP contribution in [0, 0.1) is 5.82 Å². The molecule has 3 nitrogen and oxygen atoms in total. The van der Waals surface area contributed by atoms with E-state index < -0.39 is 0 Å². The van der Waals surface area contributed by atoms with Gasteiger partial charge in [0.05, 0.1) is 5.52 Å². The maximum absolute atomic E-state index is 13.6. The van der Waals surface area contributed by atoms with E-state index in [2.05, 4.69) is 4.98 Å². The number of hydrogen-bond acceptors (Lipinski definition) is 3. The molecule has 106 valence electrons. The monoisotopic (exact) mass is 282 g/mol. The molecular weight excluding hydrogens is 267 g/mol. The smallest absolute Gasteiger partial charge is 0.124 e. The number of hydrogen-bond donors (Lipinski definition) is 1. The van der Waals surface area contributed by atoms with Crippen molar-refractivity contribution in [3.8, 4) is 5.75 Å². The van der Waals surface area contributed by atoms with Crippen molar-refractivity contribution < 1.29 is 9.13 Å². The van der Waals surface area contributed by atoms with E-state index in [4.69, 9.17) is 10.5 Å². The Balaban J connectivity index is 1.87. The van der Waals surface area contributed by atoms with Crippen LogP contribution < -0.4 is 10.5 Å². The van der Waals surface area contributed by atoms with Crippen molar-refractivity contribution >= 4 is 10.9 Å². The number of nitrogens with two attached hydrogens (primary N) is 1. The Morgan fingerprint density at radius 1 is 1.10 bits per heavy atom. The zero-order chi connectivity index (χ0) is 14.7. The summed E-state index contributed by atoms with van der Waals surface area (Å²) >= 11 is 0. The molecule has 0 amide bonds. The molecule has 2 N–H and O–H groups in total. The third kappa shape index (κ3) is 3.01. The Morgan fingerprint density at radius 2 is 2.00 bits per heavy atom. The second-order valence-corrected chi connectivity index (χ2v) is 4.78. The molecule has 1 heterocycles. The Hall–Kier alpha value is -2.46. The minimum Gasteiger partial charge on any atom is -0.489 e. The number of halogens is 1. The van der Waals surface area contributed by atoms with E-state index >= 15 is 0 Å². The maximum Gasteiger partial charge on any atom is 0.124 e. The highest BCUT2D eigenvalue weighted by Gasteiger charge is 2.06. The van der Waals surface area contributed by atoms with Crippen molar-refractivity contribution in [2.24, 2.45) is 5.73 Å². The Kier molecular flexibility index (Phi) is 3.79. The zero-order valence-corrected chi connectivity index (χ0v) is 11.4. The summed E-state index contributed by atoms with van der Waals surface area (Å²) in [5, 5.41) is 0.770. The molecule has 0 spiro atoms. The van der Waals surface area contributed by atoms with Gasteiger partial charge in [0.2, 0.25) is 0 Å². The van der Waals surface area contributed by atoms with Crippen molar-refractivity contribution in [3.63, 3.8) is 0 Å². The molecular formula is C17H15FN2O. The highest BCUT2D eigenvalue weighted by molar-refractivity contribution is 5.81. The minimum atomic E-state index is -0.287. The molecule has 0 aliphatic heterocycles. The van der Waals surface area contributed by atoms with Crippen molar-refractivity contribution in [1.29, 1.82) is 0 Å². The fraction of sp³-hybridized carbons (Fsp3) is 0.118. The van der Waals surface area contributed by atoms with Crippen LogP contribution in [0.25, 0.3) is 10.9 Å². The highest BCUT2D eigenvalue weighted by Crippen LogP contribution is 2.21. The highest BCUT2D eigenvalue weighted by atomic mass is 19.1. The first-order chi connectivity index (χ1) is 10.3. The summed E-state index contributed by atoms with van der Waals surface area (Å²) in [6.07, 6.45) is 1.69. The summed E-state index contributed by atoms with van der Waals surface area (Å²) in [5.74, 6) is 0.427. The van der Waals surface area contributed by atoms with Crippen LogP contribution in [0.1, 0.15) is 11.1 Å². The molecule has 1 aromatic heterocycles. The van der Waals surface area contributed by atoms with E-state index in [1.807, 2.05) is 30.3 Å². The van der Waals surface area contributed by atoms with E-state index in [0.29, 0.717) is 12.3 Å². The van der Waals surface area contributed by atoms with Gasteiger partial charge in [0.15, 0.2) is 0 Å². The number of fused-ring (bicyclic) bond motifs is 1. The van der Waals surface area contributed by atoms with Gasteiger partial charge in [-0.15, -0.1) is 0 Å². The predicted molar refractivity (Wildman–Crippen MR) is 80.4 cm³/mol. The van der Waals surface area contributed by atoms with Gasteiger partial charge in [-0.05, 0) is 35.9 Å². The third-order valence-corrected chi connectivity index (χ3v) is 3.28. The third-order valence-electron chi connectivity index (χ3n) is 3.28. The fourth-order valence-corrected chi connectivity index (χ4v) is 2.26. The van der Waals surface area contributed by atoms with Gasteiger partial charge in [0, 0.05) is 23.7 Å². The molecule has 3 rings (SSSR count). The summed E-state index contributed by atoms with van der Waals surface area (Å²) in [6, 6.07) is 14.1. The fourth-order valence-electron chi connectivity index (χ4n) is 2.26. The lowest BCUT2D eigenvalue weighted by atomic mass is 10.1. The molecule has 0 unspecified atom stereocenters. The zero-order valence-electron chi connectivity index (χ0n) is 11.4. The lowest BCUT2D eigenvalue weighted by molar-refractivity contribution is 0.306. The first-order valence-electron chi connectivity index (χ1n) is 6.71. The van der Waals surface area contributed by atoms with E-state index in [-0.39, 0.29) is 12.4 Å². The van der Waals surface area contributed by atoms with Crippen LogP contribution in [0.2, 0.25) is 0 Å². The molecule has 0 fully saturated rings. The van der Waals surface area contributed by atoms with E-state index in [9.17, 15) is 4.39 Å². The molecule has 0 aliphatic carbocycles. The maximum atomic E-state index is 13.6. The van der Waals surface area contributed by atoms with Gasteiger partial charge < -0.3 is 10.5 Å². The van der Waals surface area contributed by atoms with Crippen molar-refractivity contribution in [2.45, 2.75) is 13.2 Å². The van der Waals surface area contributed by atoms with Crippen molar-refractivity contribution in [1.82, 2.24) is 4.98 Å². The molecule has 0 bridgehead atoms. The van der Waals surface area contributed by atoms with Crippen LogP contribution in [-0.2, 0) is 13.2 Å². The SMILES string of the molecule is NCc1cccc(OCc2cc(F)cc3cccnc23)c1.